The molecule has 0 N–H and O–H groups in total. The lowest BCUT2D eigenvalue weighted by Crippen LogP contribution is -2.11. The fraction of sp³-hybridized carbons (Fsp3) is 0.571. The van der Waals surface area contributed by atoms with Crippen LogP contribution >= 0.6 is 0 Å². The van der Waals surface area contributed by atoms with E-state index in [1.807, 2.05) is 0 Å². The third-order valence-electron chi connectivity index (χ3n) is 2.93. The summed E-state index contributed by atoms with van der Waals surface area (Å²) in [5.74, 6) is 0.678. The van der Waals surface area contributed by atoms with E-state index in [0.717, 1.165) is 0 Å². The Morgan fingerprint density at radius 2 is 1.86 bits per heavy atom. The van der Waals surface area contributed by atoms with Gasteiger partial charge in [0.25, 0.3) is 0 Å². The van der Waals surface area contributed by atoms with Crippen LogP contribution in [0.25, 0.3) is 0 Å². The van der Waals surface area contributed by atoms with E-state index in [9.17, 15) is 0 Å². The second-order valence-electron chi connectivity index (χ2n) is 5.18. The topological polar surface area (TPSA) is 0 Å². The van der Waals surface area contributed by atoms with E-state index in [-0.39, 0.29) is 5.41 Å². The molecular weight excluding hydrogens is 168 g/mol. The van der Waals surface area contributed by atoms with Crippen molar-refractivity contribution in [2.75, 3.05) is 0 Å². The number of benzene rings is 1. The maximum Gasteiger partial charge on any atom is -0.0132 e. The summed E-state index contributed by atoms with van der Waals surface area (Å²) in [6.45, 7) is 11.3. The Balaban J connectivity index is 3.01. The highest BCUT2D eigenvalue weighted by Gasteiger charge is 2.14. The molecule has 0 heterocycles. The Bertz CT molecular complexity index is 291. The van der Waals surface area contributed by atoms with Gasteiger partial charge in [0.1, 0.15) is 0 Å². The normalized spacial score (nSPS) is 14.1. The van der Waals surface area contributed by atoms with Gasteiger partial charge in [-0.15, -0.1) is 0 Å². The molecule has 0 amide bonds. The van der Waals surface area contributed by atoms with Crippen LogP contribution in [-0.2, 0) is 5.41 Å². The van der Waals surface area contributed by atoms with Crippen LogP contribution < -0.4 is 0 Å². The predicted octanol–water partition coefficient (Wildman–Crippen LogP) is 4.50. The fourth-order valence-electron chi connectivity index (χ4n) is 1.55. The zero-order valence-corrected chi connectivity index (χ0v) is 10.1. The van der Waals surface area contributed by atoms with Crippen molar-refractivity contribution in [2.45, 2.75) is 52.4 Å². The molecule has 0 aliphatic heterocycles. The largest absolute Gasteiger partial charge is 0.0648 e. The molecule has 0 bridgehead atoms. The Morgan fingerprint density at radius 3 is 2.36 bits per heavy atom. The minimum absolute atomic E-state index is 0.267. The van der Waals surface area contributed by atoms with Crippen LogP contribution in [0.15, 0.2) is 24.3 Å². The van der Waals surface area contributed by atoms with E-state index in [0.29, 0.717) is 5.92 Å². The first kappa shape index (κ1) is 11.3. The smallest absolute Gasteiger partial charge is 0.0132 e. The van der Waals surface area contributed by atoms with Crippen LogP contribution in [0, 0.1) is 0 Å². The Kier molecular flexibility index (Phi) is 3.36. The molecule has 0 fully saturated rings. The first-order chi connectivity index (χ1) is 6.45. The second-order valence-corrected chi connectivity index (χ2v) is 5.18. The van der Waals surface area contributed by atoms with Crippen molar-refractivity contribution in [2.24, 2.45) is 0 Å². The van der Waals surface area contributed by atoms with E-state index in [2.05, 4.69) is 58.9 Å². The standard InChI is InChI=1S/C14H22/c1-6-11(2)12-8-7-9-13(10-12)14(3,4)5/h7-11H,6H2,1-5H3. The van der Waals surface area contributed by atoms with Gasteiger partial charge in [-0.1, -0.05) is 58.9 Å². The maximum absolute atomic E-state index is 2.36. The molecular formula is C14H22. The van der Waals surface area contributed by atoms with Crippen molar-refractivity contribution in [1.29, 1.82) is 0 Å². The molecule has 0 radical (unpaired) electrons. The molecule has 0 saturated heterocycles. The lowest BCUT2D eigenvalue weighted by molar-refractivity contribution is 0.587. The zero-order valence-electron chi connectivity index (χ0n) is 10.1. The summed E-state index contributed by atoms with van der Waals surface area (Å²) in [4.78, 5) is 0. The molecule has 0 aromatic heterocycles. The van der Waals surface area contributed by atoms with Crippen LogP contribution in [0.2, 0.25) is 0 Å². The average Bonchev–Trinajstić information content (AvgIpc) is 2.15. The van der Waals surface area contributed by atoms with Crippen LogP contribution in [0.3, 0.4) is 0 Å². The lowest BCUT2D eigenvalue weighted by Gasteiger charge is -2.21. The third-order valence-corrected chi connectivity index (χ3v) is 2.93. The highest BCUT2D eigenvalue weighted by Crippen LogP contribution is 2.26. The van der Waals surface area contributed by atoms with Gasteiger partial charge in [0.15, 0.2) is 0 Å². The van der Waals surface area contributed by atoms with Gasteiger partial charge in [-0.3, -0.25) is 0 Å². The molecule has 1 aromatic carbocycles. The van der Waals surface area contributed by atoms with Gasteiger partial charge in [0.2, 0.25) is 0 Å². The lowest BCUT2D eigenvalue weighted by atomic mass is 9.84. The van der Waals surface area contributed by atoms with Gasteiger partial charge in [-0.2, -0.15) is 0 Å². The Labute approximate surface area is 88.4 Å². The first-order valence-corrected chi connectivity index (χ1v) is 5.55. The first-order valence-electron chi connectivity index (χ1n) is 5.55. The van der Waals surface area contributed by atoms with Crippen LogP contribution in [0.5, 0.6) is 0 Å². The van der Waals surface area contributed by atoms with E-state index in [1.165, 1.54) is 17.5 Å². The molecule has 14 heavy (non-hydrogen) atoms. The van der Waals surface area contributed by atoms with E-state index in [1.54, 1.807) is 0 Å². The highest BCUT2D eigenvalue weighted by atomic mass is 14.2. The minimum atomic E-state index is 0.267. The van der Waals surface area contributed by atoms with Crippen molar-refractivity contribution >= 4 is 0 Å². The molecule has 1 atom stereocenters. The van der Waals surface area contributed by atoms with Gasteiger partial charge in [-0.05, 0) is 28.9 Å². The van der Waals surface area contributed by atoms with Crippen molar-refractivity contribution in [3.63, 3.8) is 0 Å². The number of hydrogen-bond donors (Lipinski definition) is 0. The molecule has 0 heteroatoms. The number of rotatable bonds is 2. The molecule has 1 aromatic rings. The van der Waals surface area contributed by atoms with Gasteiger partial charge in [0, 0.05) is 0 Å². The zero-order chi connectivity index (χ0) is 10.8. The van der Waals surface area contributed by atoms with Gasteiger partial charge in [0.05, 0.1) is 0 Å². The second kappa shape index (κ2) is 4.16. The monoisotopic (exact) mass is 190 g/mol. The van der Waals surface area contributed by atoms with Crippen molar-refractivity contribution in [3.05, 3.63) is 35.4 Å². The molecule has 78 valence electrons. The van der Waals surface area contributed by atoms with Crippen molar-refractivity contribution < 1.29 is 0 Å². The van der Waals surface area contributed by atoms with Crippen molar-refractivity contribution in [1.82, 2.24) is 0 Å². The molecule has 0 spiro atoms. The van der Waals surface area contributed by atoms with Crippen molar-refractivity contribution in [3.8, 4) is 0 Å². The van der Waals surface area contributed by atoms with E-state index < -0.39 is 0 Å². The highest BCUT2D eigenvalue weighted by molar-refractivity contribution is 5.30. The molecule has 0 aliphatic carbocycles. The summed E-state index contributed by atoms with van der Waals surface area (Å²) >= 11 is 0. The van der Waals surface area contributed by atoms with Crippen LogP contribution in [0.1, 0.15) is 58.1 Å². The fourth-order valence-corrected chi connectivity index (χ4v) is 1.55. The Morgan fingerprint density at radius 1 is 1.21 bits per heavy atom. The van der Waals surface area contributed by atoms with Gasteiger partial charge in [-0.25, -0.2) is 0 Å². The summed E-state index contributed by atoms with van der Waals surface area (Å²) < 4.78 is 0. The van der Waals surface area contributed by atoms with E-state index in [4.69, 9.17) is 0 Å². The quantitative estimate of drug-likeness (QED) is 0.644. The molecule has 0 nitrogen and oxygen atoms in total. The molecule has 1 unspecified atom stereocenters. The summed E-state index contributed by atoms with van der Waals surface area (Å²) in [7, 11) is 0. The Hall–Kier alpha value is -0.780. The average molecular weight is 190 g/mol. The summed E-state index contributed by atoms with van der Waals surface area (Å²) in [6.07, 6.45) is 1.22. The molecule has 0 aliphatic rings. The summed E-state index contributed by atoms with van der Waals surface area (Å²) in [5, 5.41) is 0. The molecule has 1 rings (SSSR count). The van der Waals surface area contributed by atoms with Gasteiger partial charge >= 0.3 is 0 Å². The summed E-state index contributed by atoms with van der Waals surface area (Å²) in [5.41, 5.74) is 3.18. The van der Waals surface area contributed by atoms with Crippen LogP contribution in [-0.4, -0.2) is 0 Å². The van der Waals surface area contributed by atoms with Crippen LogP contribution in [0.4, 0.5) is 0 Å². The SMILES string of the molecule is CCC(C)c1cccc(C(C)(C)C)c1. The van der Waals surface area contributed by atoms with Gasteiger partial charge < -0.3 is 0 Å². The summed E-state index contributed by atoms with van der Waals surface area (Å²) in [6, 6.07) is 9.01. The van der Waals surface area contributed by atoms with E-state index >= 15 is 0 Å². The minimum Gasteiger partial charge on any atom is -0.0648 e. The molecule has 0 saturated carbocycles. The third kappa shape index (κ3) is 2.60. The predicted molar refractivity (Wildman–Crippen MR) is 63.8 cm³/mol. The number of hydrogen-bond acceptors (Lipinski definition) is 0. The maximum atomic E-state index is 2.36.